The average molecular weight is 590 g/mol. The number of hydrogen-bond acceptors (Lipinski definition) is 5. The van der Waals surface area contributed by atoms with Gasteiger partial charge in [-0.15, -0.1) is 0 Å². The van der Waals surface area contributed by atoms with E-state index >= 15 is 0 Å². The molecule has 0 radical (unpaired) electrons. The van der Waals surface area contributed by atoms with Gasteiger partial charge in [0.1, 0.15) is 24.2 Å². The second kappa shape index (κ2) is 14.1. The molecule has 0 aliphatic carbocycles. The number of benzene rings is 3. The van der Waals surface area contributed by atoms with Gasteiger partial charge in [-0.3, -0.25) is 13.9 Å². The number of unbranched alkanes of at least 4 members (excludes halogenated alkanes) is 1. The van der Waals surface area contributed by atoms with Crippen LogP contribution in [-0.4, -0.2) is 51.4 Å². The zero-order chi connectivity index (χ0) is 29.3. The van der Waals surface area contributed by atoms with Crippen LogP contribution in [0.15, 0.2) is 77.7 Å². The smallest absolute Gasteiger partial charge is 0.264 e. The lowest BCUT2D eigenvalue weighted by Crippen LogP contribution is -2.51. The zero-order valence-electron chi connectivity index (χ0n) is 22.6. The summed E-state index contributed by atoms with van der Waals surface area (Å²) in [5.41, 5.74) is 0.758. The molecule has 40 heavy (non-hydrogen) atoms. The van der Waals surface area contributed by atoms with Gasteiger partial charge in [-0.2, -0.15) is 0 Å². The van der Waals surface area contributed by atoms with Crippen molar-refractivity contribution in [2.24, 2.45) is 0 Å². The molecule has 3 aromatic rings. The molecule has 3 rings (SSSR count). The van der Waals surface area contributed by atoms with Gasteiger partial charge in [0.15, 0.2) is 0 Å². The number of ether oxygens (including phenoxy) is 1. The highest BCUT2D eigenvalue weighted by Gasteiger charge is 2.32. The highest BCUT2D eigenvalue weighted by Crippen LogP contribution is 2.28. The van der Waals surface area contributed by atoms with Gasteiger partial charge in [0.2, 0.25) is 11.8 Å². The molecule has 0 fully saturated rings. The first-order valence-corrected chi connectivity index (χ1v) is 14.6. The van der Waals surface area contributed by atoms with E-state index in [1.807, 2.05) is 6.92 Å². The predicted octanol–water partition coefficient (Wildman–Crippen LogP) is 5.02. The molecule has 0 unspecified atom stereocenters. The van der Waals surface area contributed by atoms with E-state index in [1.165, 1.54) is 72.7 Å². The summed E-state index contributed by atoms with van der Waals surface area (Å²) in [6, 6.07) is 16.6. The van der Waals surface area contributed by atoms with Crippen LogP contribution in [-0.2, 0) is 26.2 Å². The SMILES string of the molecule is CCCCNC(=O)[C@H](C)N(Cc1ccc(F)cc1)C(=O)CN(c1cccc(Cl)c1)S(=O)(=O)c1ccc(OC)cc1. The van der Waals surface area contributed by atoms with E-state index in [4.69, 9.17) is 16.3 Å². The van der Waals surface area contributed by atoms with Crippen LogP contribution in [0.25, 0.3) is 0 Å². The van der Waals surface area contributed by atoms with Gasteiger partial charge in [0, 0.05) is 18.1 Å². The van der Waals surface area contributed by atoms with Gasteiger partial charge in [-0.05, 0) is 73.5 Å². The third-order valence-electron chi connectivity index (χ3n) is 6.29. The number of nitrogens with one attached hydrogen (secondary N) is 1. The standard InChI is InChI=1S/C29H33ClFN3O5S/c1-4-5-17-32-29(36)21(2)33(19-22-9-11-24(31)12-10-22)28(35)20-34(25-8-6-7-23(30)18-25)40(37,38)27-15-13-26(39-3)14-16-27/h6-16,18,21H,4-5,17,19-20H2,1-3H3,(H,32,36)/t21-/m0/s1. The molecule has 3 aromatic carbocycles. The van der Waals surface area contributed by atoms with E-state index in [-0.39, 0.29) is 28.1 Å². The molecule has 0 bridgehead atoms. The summed E-state index contributed by atoms with van der Waals surface area (Å²) in [6.07, 6.45) is 1.65. The Bertz CT molecular complexity index is 1400. The van der Waals surface area contributed by atoms with Crippen LogP contribution in [0, 0.1) is 5.82 Å². The van der Waals surface area contributed by atoms with E-state index in [0.29, 0.717) is 17.9 Å². The molecule has 214 valence electrons. The fourth-order valence-corrected chi connectivity index (χ4v) is 5.53. The Hall–Kier alpha value is -3.63. The maximum absolute atomic E-state index is 13.9. The van der Waals surface area contributed by atoms with Gasteiger partial charge < -0.3 is 15.0 Å². The lowest BCUT2D eigenvalue weighted by atomic mass is 10.1. The number of amides is 2. The lowest BCUT2D eigenvalue weighted by molar-refractivity contribution is -0.139. The van der Waals surface area contributed by atoms with Gasteiger partial charge in [0.05, 0.1) is 17.7 Å². The van der Waals surface area contributed by atoms with Crippen LogP contribution >= 0.6 is 11.6 Å². The molecule has 0 spiro atoms. The monoisotopic (exact) mass is 589 g/mol. The number of methoxy groups -OCH3 is 1. The molecule has 0 heterocycles. The van der Waals surface area contributed by atoms with Crippen molar-refractivity contribution < 1.29 is 27.1 Å². The van der Waals surface area contributed by atoms with Gasteiger partial charge in [-0.1, -0.05) is 43.1 Å². The highest BCUT2D eigenvalue weighted by atomic mass is 35.5. The van der Waals surface area contributed by atoms with Crippen LogP contribution < -0.4 is 14.4 Å². The maximum atomic E-state index is 13.9. The summed E-state index contributed by atoms with van der Waals surface area (Å²) >= 11 is 6.18. The highest BCUT2D eigenvalue weighted by molar-refractivity contribution is 7.92. The Morgan fingerprint density at radius 3 is 2.33 bits per heavy atom. The normalized spacial score (nSPS) is 11.9. The molecule has 0 aliphatic heterocycles. The van der Waals surface area contributed by atoms with Crippen LogP contribution in [0.2, 0.25) is 5.02 Å². The molecule has 11 heteroatoms. The minimum Gasteiger partial charge on any atom is -0.497 e. The van der Waals surface area contributed by atoms with Gasteiger partial charge in [0.25, 0.3) is 10.0 Å². The maximum Gasteiger partial charge on any atom is 0.264 e. The Morgan fingerprint density at radius 1 is 1.05 bits per heavy atom. The number of carbonyl (C=O) groups excluding carboxylic acids is 2. The Labute approximate surface area is 239 Å². The van der Waals surface area contributed by atoms with Crippen molar-refractivity contribution in [3.63, 3.8) is 0 Å². The third kappa shape index (κ3) is 7.95. The van der Waals surface area contributed by atoms with Crippen molar-refractivity contribution in [2.75, 3.05) is 24.5 Å². The van der Waals surface area contributed by atoms with E-state index in [1.54, 1.807) is 19.1 Å². The van der Waals surface area contributed by atoms with Gasteiger partial charge in [-0.25, -0.2) is 12.8 Å². The molecule has 1 atom stereocenters. The van der Waals surface area contributed by atoms with E-state index < -0.39 is 34.3 Å². The van der Waals surface area contributed by atoms with Crippen molar-refractivity contribution in [1.29, 1.82) is 0 Å². The molecule has 0 saturated heterocycles. The lowest BCUT2D eigenvalue weighted by Gasteiger charge is -2.32. The number of sulfonamides is 1. The summed E-state index contributed by atoms with van der Waals surface area (Å²) in [6.45, 7) is 3.37. The van der Waals surface area contributed by atoms with E-state index in [2.05, 4.69) is 5.32 Å². The van der Waals surface area contributed by atoms with Crippen LogP contribution in [0.3, 0.4) is 0 Å². The minimum absolute atomic E-state index is 0.0343. The molecule has 1 N–H and O–H groups in total. The molecule has 0 aromatic heterocycles. The summed E-state index contributed by atoms with van der Waals surface area (Å²) in [5, 5.41) is 3.10. The second-order valence-electron chi connectivity index (χ2n) is 9.14. The topological polar surface area (TPSA) is 96.0 Å². The van der Waals surface area contributed by atoms with Crippen molar-refractivity contribution in [2.45, 2.75) is 44.2 Å². The Balaban J connectivity index is 2.00. The van der Waals surface area contributed by atoms with Gasteiger partial charge >= 0.3 is 0 Å². The van der Waals surface area contributed by atoms with Crippen molar-refractivity contribution in [1.82, 2.24) is 10.2 Å². The number of halogens is 2. The minimum atomic E-state index is -4.24. The number of anilines is 1. The first kappa shape index (κ1) is 30.9. The number of hydrogen-bond donors (Lipinski definition) is 1. The Morgan fingerprint density at radius 2 is 1.73 bits per heavy atom. The van der Waals surface area contributed by atoms with Crippen molar-refractivity contribution in [3.05, 3.63) is 89.2 Å². The Kier molecular flexibility index (Phi) is 10.9. The third-order valence-corrected chi connectivity index (χ3v) is 8.31. The fraction of sp³-hybridized carbons (Fsp3) is 0.310. The van der Waals surface area contributed by atoms with Crippen LogP contribution in [0.5, 0.6) is 5.75 Å². The number of carbonyl (C=O) groups is 2. The summed E-state index contributed by atoms with van der Waals surface area (Å²) < 4.78 is 47.3. The summed E-state index contributed by atoms with van der Waals surface area (Å²) in [4.78, 5) is 28.0. The summed E-state index contributed by atoms with van der Waals surface area (Å²) in [7, 11) is -2.78. The van der Waals surface area contributed by atoms with Crippen LogP contribution in [0.1, 0.15) is 32.3 Å². The average Bonchev–Trinajstić information content (AvgIpc) is 2.95. The summed E-state index contributed by atoms with van der Waals surface area (Å²) in [5.74, 6) is -0.974. The van der Waals surface area contributed by atoms with Crippen molar-refractivity contribution in [3.8, 4) is 5.75 Å². The first-order valence-electron chi connectivity index (χ1n) is 12.8. The van der Waals surface area contributed by atoms with E-state index in [9.17, 15) is 22.4 Å². The number of rotatable bonds is 13. The first-order chi connectivity index (χ1) is 19.1. The quantitative estimate of drug-likeness (QED) is 0.283. The zero-order valence-corrected chi connectivity index (χ0v) is 24.2. The second-order valence-corrected chi connectivity index (χ2v) is 11.4. The number of nitrogens with zero attached hydrogens (tertiary/aromatic N) is 2. The molecular weight excluding hydrogens is 557 g/mol. The van der Waals surface area contributed by atoms with Crippen molar-refractivity contribution >= 4 is 39.1 Å². The molecule has 2 amide bonds. The molecule has 0 aliphatic rings. The molecule has 8 nitrogen and oxygen atoms in total. The predicted molar refractivity (Wildman–Crippen MR) is 153 cm³/mol. The van der Waals surface area contributed by atoms with E-state index in [0.717, 1.165) is 17.1 Å². The fourth-order valence-electron chi connectivity index (χ4n) is 3.94. The molecular formula is C29H33ClFN3O5S. The van der Waals surface area contributed by atoms with Crippen LogP contribution in [0.4, 0.5) is 10.1 Å². The largest absolute Gasteiger partial charge is 0.497 e. The molecule has 0 saturated carbocycles.